The van der Waals surface area contributed by atoms with Crippen molar-refractivity contribution in [3.05, 3.63) is 78.0 Å². The summed E-state index contributed by atoms with van der Waals surface area (Å²) < 4.78 is 5.64. The Morgan fingerprint density at radius 2 is 1.55 bits per heavy atom. The number of oxazole rings is 1. The molecule has 0 N–H and O–H groups in total. The second kappa shape index (κ2) is 5.32. The molecule has 22 heavy (non-hydrogen) atoms. The average Bonchev–Trinajstić information content (AvgIpc) is 3.05. The molecule has 4 aromatic rings. The van der Waals surface area contributed by atoms with Crippen LogP contribution in [-0.2, 0) is 0 Å². The van der Waals surface area contributed by atoms with E-state index in [1.54, 1.807) is 6.26 Å². The number of halogens is 1. The molecule has 3 heteroatoms. The van der Waals surface area contributed by atoms with Gasteiger partial charge >= 0.3 is 0 Å². The quantitative estimate of drug-likeness (QED) is 0.466. The zero-order valence-corrected chi connectivity index (χ0v) is 12.4. The molecule has 0 amide bonds. The van der Waals surface area contributed by atoms with Gasteiger partial charge in [0.05, 0.1) is 0 Å². The highest BCUT2D eigenvalue weighted by atomic mass is 35.5. The maximum atomic E-state index is 6.02. The van der Waals surface area contributed by atoms with Crippen molar-refractivity contribution in [1.82, 2.24) is 4.98 Å². The smallest absolute Gasteiger partial charge is 0.226 e. The normalized spacial score (nSPS) is 11.0. The van der Waals surface area contributed by atoms with E-state index in [4.69, 9.17) is 16.0 Å². The van der Waals surface area contributed by atoms with Gasteiger partial charge < -0.3 is 4.42 Å². The van der Waals surface area contributed by atoms with E-state index in [9.17, 15) is 0 Å². The summed E-state index contributed by atoms with van der Waals surface area (Å²) in [6.45, 7) is 0. The van der Waals surface area contributed by atoms with Crippen LogP contribution in [-0.4, -0.2) is 4.98 Å². The lowest BCUT2D eigenvalue weighted by atomic mass is 10.1. The zero-order valence-electron chi connectivity index (χ0n) is 11.7. The summed E-state index contributed by atoms with van der Waals surface area (Å²) >= 11 is 6.02. The molecule has 0 atom stereocenters. The number of fused-ring (bicyclic) bond motifs is 1. The number of hydrogen-bond donors (Lipinski definition) is 0. The summed E-state index contributed by atoms with van der Waals surface area (Å²) in [5.74, 6) is 0.621. The first-order valence-corrected chi connectivity index (χ1v) is 7.38. The van der Waals surface area contributed by atoms with Crippen LogP contribution in [0.2, 0.25) is 5.02 Å². The Bertz CT molecular complexity index is 944. The van der Waals surface area contributed by atoms with Crippen LogP contribution in [0.5, 0.6) is 0 Å². The Labute approximate surface area is 133 Å². The fourth-order valence-electron chi connectivity index (χ4n) is 2.50. The fraction of sp³-hybridized carbons (Fsp3) is 0. The summed E-state index contributed by atoms with van der Waals surface area (Å²) in [5, 5.41) is 2.95. The SMILES string of the molecule is Clc1ccc2cc(-c3nc(-c4ccccc4)co3)ccc2c1. The number of nitrogens with zero attached hydrogens (tertiary/aromatic N) is 1. The van der Waals surface area contributed by atoms with Gasteiger partial charge in [0.2, 0.25) is 5.89 Å². The standard InChI is InChI=1S/C19H12ClNO/c20-17-9-8-14-10-16(7-6-15(14)11-17)19-21-18(12-22-19)13-4-2-1-3-5-13/h1-12H. The van der Waals surface area contributed by atoms with E-state index in [1.807, 2.05) is 60.7 Å². The Morgan fingerprint density at radius 1 is 0.773 bits per heavy atom. The minimum absolute atomic E-state index is 0.621. The molecule has 2 nitrogen and oxygen atoms in total. The molecule has 0 bridgehead atoms. The van der Waals surface area contributed by atoms with Gasteiger partial charge in [-0.2, -0.15) is 0 Å². The molecule has 0 saturated carbocycles. The van der Waals surface area contributed by atoms with Crippen molar-refractivity contribution in [2.24, 2.45) is 0 Å². The van der Waals surface area contributed by atoms with Crippen molar-refractivity contribution in [3.63, 3.8) is 0 Å². The van der Waals surface area contributed by atoms with E-state index < -0.39 is 0 Å². The Hall–Kier alpha value is -2.58. The number of aromatic nitrogens is 1. The minimum atomic E-state index is 0.621. The van der Waals surface area contributed by atoms with Gasteiger partial charge in [-0.05, 0) is 35.0 Å². The maximum Gasteiger partial charge on any atom is 0.226 e. The number of hydrogen-bond acceptors (Lipinski definition) is 2. The Morgan fingerprint density at radius 3 is 2.41 bits per heavy atom. The van der Waals surface area contributed by atoms with Crippen LogP contribution in [0.4, 0.5) is 0 Å². The van der Waals surface area contributed by atoms with Gasteiger partial charge in [0, 0.05) is 16.1 Å². The van der Waals surface area contributed by atoms with Crippen LogP contribution in [0, 0.1) is 0 Å². The van der Waals surface area contributed by atoms with Crippen LogP contribution in [0.3, 0.4) is 0 Å². The van der Waals surface area contributed by atoms with E-state index in [2.05, 4.69) is 11.1 Å². The first-order valence-electron chi connectivity index (χ1n) is 7.00. The van der Waals surface area contributed by atoms with Gasteiger partial charge in [0.25, 0.3) is 0 Å². The van der Waals surface area contributed by atoms with Crippen LogP contribution in [0.25, 0.3) is 33.5 Å². The van der Waals surface area contributed by atoms with Gasteiger partial charge in [-0.3, -0.25) is 0 Å². The van der Waals surface area contributed by atoms with Crippen molar-refractivity contribution in [1.29, 1.82) is 0 Å². The molecule has 0 radical (unpaired) electrons. The third-order valence-electron chi connectivity index (χ3n) is 3.62. The first kappa shape index (κ1) is 13.1. The van der Waals surface area contributed by atoms with Gasteiger partial charge in [-0.1, -0.05) is 54.1 Å². The van der Waals surface area contributed by atoms with E-state index in [-0.39, 0.29) is 0 Å². The van der Waals surface area contributed by atoms with E-state index >= 15 is 0 Å². The van der Waals surface area contributed by atoms with Crippen molar-refractivity contribution >= 4 is 22.4 Å². The molecule has 3 aromatic carbocycles. The summed E-state index contributed by atoms with van der Waals surface area (Å²) in [4.78, 5) is 4.58. The Kier molecular flexibility index (Phi) is 3.17. The average molecular weight is 306 g/mol. The first-order chi connectivity index (χ1) is 10.8. The van der Waals surface area contributed by atoms with E-state index in [0.29, 0.717) is 5.89 Å². The van der Waals surface area contributed by atoms with Crippen LogP contribution < -0.4 is 0 Å². The maximum absolute atomic E-state index is 6.02. The second-order valence-corrected chi connectivity index (χ2v) is 5.55. The van der Waals surface area contributed by atoms with Crippen molar-refractivity contribution < 1.29 is 4.42 Å². The highest BCUT2D eigenvalue weighted by molar-refractivity contribution is 6.31. The molecule has 0 aliphatic heterocycles. The molecule has 0 spiro atoms. The predicted octanol–water partition coefficient (Wildman–Crippen LogP) is 5.82. The highest BCUT2D eigenvalue weighted by Gasteiger charge is 2.09. The lowest BCUT2D eigenvalue weighted by molar-refractivity contribution is 0.575. The van der Waals surface area contributed by atoms with Gasteiger partial charge in [-0.25, -0.2) is 4.98 Å². The summed E-state index contributed by atoms with van der Waals surface area (Å²) in [6.07, 6.45) is 1.69. The molecule has 0 aliphatic carbocycles. The zero-order chi connectivity index (χ0) is 14.9. The number of benzene rings is 3. The summed E-state index contributed by atoms with van der Waals surface area (Å²) in [5.41, 5.74) is 2.84. The molecule has 4 rings (SSSR count). The Balaban J connectivity index is 1.76. The molecule has 0 unspecified atom stereocenters. The lowest BCUT2D eigenvalue weighted by Gasteiger charge is -2.01. The number of rotatable bonds is 2. The monoisotopic (exact) mass is 305 g/mol. The molecular weight excluding hydrogens is 294 g/mol. The molecular formula is C19H12ClNO. The molecule has 0 aliphatic rings. The molecule has 1 aromatic heterocycles. The molecule has 106 valence electrons. The lowest BCUT2D eigenvalue weighted by Crippen LogP contribution is -1.81. The second-order valence-electron chi connectivity index (χ2n) is 5.11. The largest absolute Gasteiger partial charge is 0.444 e. The molecule has 0 fully saturated rings. The predicted molar refractivity (Wildman–Crippen MR) is 89.9 cm³/mol. The fourth-order valence-corrected chi connectivity index (χ4v) is 2.68. The van der Waals surface area contributed by atoms with E-state index in [1.165, 1.54) is 0 Å². The third-order valence-corrected chi connectivity index (χ3v) is 3.86. The summed E-state index contributed by atoms with van der Waals surface area (Å²) in [7, 11) is 0. The highest BCUT2D eigenvalue weighted by Crippen LogP contribution is 2.28. The molecule has 0 saturated heterocycles. The van der Waals surface area contributed by atoms with E-state index in [0.717, 1.165) is 32.6 Å². The van der Waals surface area contributed by atoms with Gasteiger partial charge in [-0.15, -0.1) is 0 Å². The van der Waals surface area contributed by atoms with Gasteiger partial charge in [0.1, 0.15) is 12.0 Å². The van der Waals surface area contributed by atoms with Crippen LogP contribution >= 0.6 is 11.6 Å². The molecule has 1 heterocycles. The minimum Gasteiger partial charge on any atom is -0.444 e. The third kappa shape index (κ3) is 2.38. The van der Waals surface area contributed by atoms with Crippen molar-refractivity contribution in [2.45, 2.75) is 0 Å². The van der Waals surface area contributed by atoms with Crippen LogP contribution in [0.1, 0.15) is 0 Å². The summed E-state index contributed by atoms with van der Waals surface area (Å²) in [6, 6.07) is 21.9. The van der Waals surface area contributed by atoms with Crippen LogP contribution in [0.15, 0.2) is 77.4 Å². The van der Waals surface area contributed by atoms with Crippen molar-refractivity contribution in [3.8, 4) is 22.7 Å². The van der Waals surface area contributed by atoms with Gasteiger partial charge in [0.15, 0.2) is 0 Å². The van der Waals surface area contributed by atoms with Crippen molar-refractivity contribution in [2.75, 3.05) is 0 Å². The topological polar surface area (TPSA) is 26.0 Å².